The monoisotopic (exact) mass is 329 g/mol. The Morgan fingerprint density at radius 1 is 1.09 bits per heavy atom. The molecule has 1 heterocycles. The van der Waals surface area contributed by atoms with E-state index < -0.39 is 11.7 Å². The minimum Gasteiger partial charge on any atom is -0.370 e. The van der Waals surface area contributed by atoms with E-state index in [2.05, 4.69) is 4.98 Å². The topological polar surface area (TPSA) is 22.1 Å². The fraction of sp³-hybridized carbons (Fsp3) is 0.438. The van der Waals surface area contributed by atoms with Crippen molar-refractivity contribution in [2.24, 2.45) is 0 Å². The van der Waals surface area contributed by atoms with E-state index in [1.807, 2.05) is 27.7 Å². The molecule has 0 atom stereocenters. The number of aromatic nitrogens is 1. The molecule has 2 rings (SSSR count). The number of aryl methyl sites for hydroxylation is 1. The molecule has 0 bridgehead atoms. The molecule has 0 aliphatic carbocycles. The normalized spacial score (nSPS) is 12.7. The highest BCUT2D eigenvalue weighted by atomic mass is 32.1. The molecule has 2 nitrogen and oxygen atoms in total. The van der Waals surface area contributed by atoms with Crippen molar-refractivity contribution in [3.8, 4) is 10.6 Å². The Hall–Kier alpha value is -1.40. The number of ether oxygens (including phenoxy) is 1. The number of rotatable bonds is 3. The number of alkyl halides is 3. The summed E-state index contributed by atoms with van der Waals surface area (Å²) in [7, 11) is 0. The predicted molar refractivity (Wildman–Crippen MR) is 81.8 cm³/mol. The van der Waals surface area contributed by atoms with Crippen LogP contribution in [0.2, 0.25) is 0 Å². The van der Waals surface area contributed by atoms with Gasteiger partial charge in [-0.05, 0) is 39.8 Å². The summed E-state index contributed by atoms with van der Waals surface area (Å²) in [5.74, 6) is 0. The SMILES string of the molecule is Cc1nc(-c2ccc(C(F)(F)F)cc2)sc1COC(C)(C)C. The summed E-state index contributed by atoms with van der Waals surface area (Å²) in [5.41, 5.74) is 0.637. The van der Waals surface area contributed by atoms with Gasteiger partial charge in [-0.3, -0.25) is 0 Å². The Bertz CT molecular complexity index is 639. The first-order valence-electron chi connectivity index (χ1n) is 6.84. The van der Waals surface area contributed by atoms with Gasteiger partial charge in [0.2, 0.25) is 0 Å². The molecule has 0 aliphatic heterocycles. The molecule has 0 aliphatic rings. The van der Waals surface area contributed by atoms with Gasteiger partial charge in [0, 0.05) is 5.56 Å². The smallest absolute Gasteiger partial charge is 0.370 e. The average Bonchev–Trinajstić information content (AvgIpc) is 2.76. The fourth-order valence-corrected chi connectivity index (χ4v) is 2.75. The Balaban J connectivity index is 2.20. The van der Waals surface area contributed by atoms with E-state index in [1.54, 1.807) is 0 Å². The number of hydrogen-bond acceptors (Lipinski definition) is 3. The third-order valence-electron chi connectivity index (χ3n) is 2.99. The van der Waals surface area contributed by atoms with Crippen molar-refractivity contribution < 1.29 is 17.9 Å². The first-order valence-corrected chi connectivity index (χ1v) is 7.66. The third-order valence-corrected chi connectivity index (χ3v) is 4.17. The first-order chi connectivity index (χ1) is 10.1. The zero-order chi connectivity index (χ0) is 16.5. The van der Waals surface area contributed by atoms with Gasteiger partial charge in [-0.25, -0.2) is 4.98 Å². The van der Waals surface area contributed by atoms with Gasteiger partial charge >= 0.3 is 6.18 Å². The third kappa shape index (κ3) is 4.30. The van der Waals surface area contributed by atoms with Crippen LogP contribution < -0.4 is 0 Å². The first kappa shape index (κ1) is 17.0. The summed E-state index contributed by atoms with van der Waals surface area (Å²) in [6.07, 6.45) is -4.32. The van der Waals surface area contributed by atoms with Crippen molar-refractivity contribution in [3.05, 3.63) is 40.4 Å². The van der Waals surface area contributed by atoms with Gasteiger partial charge in [0.1, 0.15) is 5.01 Å². The quantitative estimate of drug-likeness (QED) is 0.747. The molecule has 2 aromatic rings. The molecule has 120 valence electrons. The van der Waals surface area contributed by atoms with Crippen LogP contribution in [0, 0.1) is 6.92 Å². The minimum atomic E-state index is -4.32. The van der Waals surface area contributed by atoms with Crippen molar-refractivity contribution in [1.29, 1.82) is 0 Å². The number of hydrogen-bond donors (Lipinski definition) is 0. The largest absolute Gasteiger partial charge is 0.416 e. The summed E-state index contributed by atoms with van der Waals surface area (Å²) in [4.78, 5) is 5.42. The van der Waals surface area contributed by atoms with Gasteiger partial charge in [-0.15, -0.1) is 11.3 Å². The minimum absolute atomic E-state index is 0.245. The molecule has 0 spiro atoms. The highest BCUT2D eigenvalue weighted by Crippen LogP contribution is 2.33. The summed E-state index contributed by atoms with van der Waals surface area (Å²) in [6.45, 7) is 8.25. The zero-order valence-corrected chi connectivity index (χ0v) is 13.7. The van der Waals surface area contributed by atoms with Gasteiger partial charge < -0.3 is 4.74 Å². The van der Waals surface area contributed by atoms with Crippen LogP contribution in [-0.2, 0) is 17.5 Å². The van der Waals surface area contributed by atoms with Crippen molar-refractivity contribution >= 4 is 11.3 Å². The van der Waals surface area contributed by atoms with E-state index >= 15 is 0 Å². The van der Waals surface area contributed by atoms with Crippen LogP contribution in [0.15, 0.2) is 24.3 Å². The molecule has 0 unspecified atom stereocenters. The van der Waals surface area contributed by atoms with Crippen LogP contribution in [0.5, 0.6) is 0 Å². The fourth-order valence-electron chi connectivity index (χ4n) is 1.77. The summed E-state index contributed by atoms with van der Waals surface area (Å²) in [5, 5.41) is 0.707. The van der Waals surface area contributed by atoms with E-state index in [0.29, 0.717) is 17.2 Å². The maximum atomic E-state index is 12.6. The lowest BCUT2D eigenvalue weighted by molar-refractivity contribution is -0.137. The van der Waals surface area contributed by atoms with Crippen molar-refractivity contribution in [2.45, 2.75) is 46.1 Å². The second kappa shape index (κ2) is 6.01. The van der Waals surface area contributed by atoms with Crippen LogP contribution >= 0.6 is 11.3 Å². The Labute approximate surface area is 132 Å². The number of thiazole rings is 1. The molecule has 0 radical (unpaired) electrons. The lowest BCUT2D eigenvalue weighted by Crippen LogP contribution is -2.18. The number of halogens is 3. The summed E-state index contributed by atoms with van der Waals surface area (Å²) in [6, 6.07) is 5.07. The van der Waals surface area contributed by atoms with E-state index in [-0.39, 0.29) is 5.60 Å². The predicted octanol–water partition coefficient (Wildman–Crippen LogP) is 5.45. The van der Waals surface area contributed by atoms with Gasteiger partial charge in [0.25, 0.3) is 0 Å². The number of benzene rings is 1. The lowest BCUT2D eigenvalue weighted by Gasteiger charge is -2.18. The second-order valence-electron chi connectivity index (χ2n) is 6.00. The van der Waals surface area contributed by atoms with Crippen molar-refractivity contribution in [3.63, 3.8) is 0 Å². The van der Waals surface area contributed by atoms with Crippen LogP contribution in [0.1, 0.15) is 36.9 Å². The van der Waals surface area contributed by atoms with Crippen LogP contribution in [0.4, 0.5) is 13.2 Å². The van der Waals surface area contributed by atoms with Gasteiger partial charge in [0.15, 0.2) is 0 Å². The lowest BCUT2D eigenvalue weighted by atomic mass is 10.1. The molecule has 0 saturated heterocycles. The molecule has 0 N–H and O–H groups in total. The molecule has 1 aromatic carbocycles. The van der Waals surface area contributed by atoms with Gasteiger partial charge in [-0.2, -0.15) is 13.2 Å². The zero-order valence-electron chi connectivity index (χ0n) is 12.9. The van der Waals surface area contributed by atoms with E-state index in [9.17, 15) is 13.2 Å². The summed E-state index contributed by atoms with van der Waals surface area (Å²) < 4.78 is 43.4. The Kier molecular flexibility index (Phi) is 4.63. The molecule has 1 aromatic heterocycles. The standard InChI is InChI=1S/C16H18F3NOS/c1-10-13(9-21-15(2,3)4)22-14(20-10)11-5-7-12(8-6-11)16(17,18)19/h5-8H,9H2,1-4H3. The number of nitrogens with zero attached hydrogens (tertiary/aromatic N) is 1. The molecule has 0 fully saturated rings. The molecular weight excluding hydrogens is 311 g/mol. The molecule has 6 heteroatoms. The van der Waals surface area contributed by atoms with Gasteiger partial charge in [-0.1, -0.05) is 12.1 Å². The average molecular weight is 329 g/mol. The Morgan fingerprint density at radius 2 is 1.68 bits per heavy atom. The van der Waals surface area contributed by atoms with Crippen molar-refractivity contribution in [2.75, 3.05) is 0 Å². The van der Waals surface area contributed by atoms with Crippen LogP contribution in [0.3, 0.4) is 0 Å². The van der Waals surface area contributed by atoms with Crippen molar-refractivity contribution in [1.82, 2.24) is 4.98 Å². The van der Waals surface area contributed by atoms with Crippen LogP contribution in [0.25, 0.3) is 10.6 Å². The van der Waals surface area contributed by atoms with E-state index in [1.165, 1.54) is 23.5 Å². The van der Waals surface area contributed by atoms with E-state index in [0.717, 1.165) is 22.7 Å². The summed E-state index contributed by atoms with van der Waals surface area (Å²) >= 11 is 1.45. The van der Waals surface area contributed by atoms with E-state index in [4.69, 9.17) is 4.74 Å². The molecular formula is C16H18F3NOS. The molecule has 22 heavy (non-hydrogen) atoms. The maximum absolute atomic E-state index is 12.6. The maximum Gasteiger partial charge on any atom is 0.416 e. The van der Waals surface area contributed by atoms with Crippen LogP contribution in [-0.4, -0.2) is 10.6 Å². The highest BCUT2D eigenvalue weighted by Gasteiger charge is 2.30. The Morgan fingerprint density at radius 3 is 2.18 bits per heavy atom. The second-order valence-corrected chi connectivity index (χ2v) is 7.09. The van der Waals surface area contributed by atoms with Gasteiger partial charge in [0.05, 0.1) is 28.3 Å². The molecule has 0 amide bonds. The highest BCUT2D eigenvalue weighted by molar-refractivity contribution is 7.15. The molecule has 0 saturated carbocycles.